The molecule has 0 aliphatic carbocycles. The second-order valence-electron chi connectivity index (χ2n) is 5.73. The fourth-order valence-corrected chi connectivity index (χ4v) is 2.42. The van der Waals surface area contributed by atoms with Crippen molar-refractivity contribution >= 4 is 23.2 Å². The molecule has 0 saturated heterocycles. The zero-order valence-corrected chi connectivity index (χ0v) is 15.0. The summed E-state index contributed by atoms with van der Waals surface area (Å²) in [4.78, 5) is 20.9. The number of carbonyl (C=O) groups is 1. The highest BCUT2D eigenvalue weighted by Crippen LogP contribution is 2.19. The fourth-order valence-electron chi connectivity index (χ4n) is 2.42. The van der Waals surface area contributed by atoms with Crippen molar-refractivity contribution < 1.29 is 13.9 Å². The van der Waals surface area contributed by atoms with E-state index in [1.165, 1.54) is 12.1 Å². The molecular formula is C20H19FN4O2. The average molecular weight is 366 g/mol. The van der Waals surface area contributed by atoms with Crippen LogP contribution in [0.5, 0.6) is 5.75 Å². The minimum atomic E-state index is -0.514. The highest BCUT2D eigenvalue weighted by atomic mass is 19.1. The van der Waals surface area contributed by atoms with Gasteiger partial charge in [-0.05, 0) is 56.3 Å². The Bertz CT molecular complexity index is 945. The number of hydrogen-bond acceptors (Lipinski definition) is 5. The van der Waals surface area contributed by atoms with Crippen LogP contribution in [0, 0.1) is 12.7 Å². The van der Waals surface area contributed by atoms with Crippen LogP contribution in [0.2, 0.25) is 0 Å². The lowest BCUT2D eigenvalue weighted by Crippen LogP contribution is -2.16. The molecular weight excluding hydrogens is 347 g/mol. The Morgan fingerprint density at radius 1 is 1.11 bits per heavy atom. The molecule has 6 nitrogen and oxygen atoms in total. The van der Waals surface area contributed by atoms with Crippen molar-refractivity contribution in [3.8, 4) is 5.75 Å². The third-order valence-corrected chi connectivity index (χ3v) is 3.63. The number of nitrogens with zero attached hydrogens (tertiary/aromatic N) is 2. The quantitative estimate of drug-likeness (QED) is 0.679. The molecule has 1 heterocycles. The van der Waals surface area contributed by atoms with Crippen LogP contribution in [-0.2, 0) is 0 Å². The lowest BCUT2D eigenvalue weighted by atomic mass is 10.2. The van der Waals surface area contributed by atoms with E-state index in [-0.39, 0.29) is 17.3 Å². The molecule has 0 bridgehead atoms. The molecule has 3 rings (SSSR count). The third-order valence-electron chi connectivity index (χ3n) is 3.63. The van der Waals surface area contributed by atoms with Gasteiger partial charge in [0, 0.05) is 11.4 Å². The Hall–Kier alpha value is -3.48. The number of amides is 1. The van der Waals surface area contributed by atoms with E-state index in [0.717, 1.165) is 11.4 Å². The monoisotopic (exact) mass is 366 g/mol. The molecule has 0 spiro atoms. The molecule has 0 unspecified atom stereocenters. The predicted molar refractivity (Wildman–Crippen MR) is 102 cm³/mol. The largest absolute Gasteiger partial charge is 0.494 e. The number of nitrogens with one attached hydrogen (secondary N) is 2. The van der Waals surface area contributed by atoms with Crippen LogP contribution in [0.25, 0.3) is 0 Å². The van der Waals surface area contributed by atoms with Gasteiger partial charge in [-0.25, -0.2) is 14.4 Å². The van der Waals surface area contributed by atoms with Crippen LogP contribution in [0.4, 0.5) is 21.7 Å². The number of aromatic nitrogens is 2. The van der Waals surface area contributed by atoms with E-state index < -0.39 is 11.7 Å². The van der Waals surface area contributed by atoms with Gasteiger partial charge >= 0.3 is 0 Å². The lowest BCUT2D eigenvalue weighted by Gasteiger charge is -2.10. The summed E-state index contributed by atoms with van der Waals surface area (Å²) < 4.78 is 19.1. The summed E-state index contributed by atoms with van der Waals surface area (Å²) in [6.07, 6.45) is 0. The number of para-hydroxylation sites is 1. The standard InChI is InChI=1S/C20H19FN4O2/c1-3-27-15-10-8-14(9-11-15)23-20-22-13(2)12-18(25-20)19(26)24-17-7-5-4-6-16(17)21/h4-12H,3H2,1-2H3,(H,24,26)(H,22,23,25). The highest BCUT2D eigenvalue weighted by molar-refractivity contribution is 6.03. The molecule has 1 aromatic heterocycles. The Labute approximate surface area is 156 Å². The van der Waals surface area contributed by atoms with Gasteiger partial charge < -0.3 is 15.4 Å². The number of anilines is 3. The van der Waals surface area contributed by atoms with Crippen molar-refractivity contribution in [3.63, 3.8) is 0 Å². The van der Waals surface area contributed by atoms with Gasteiger partial charge in [0.2, 0.25) is 5.95 Å². The van der Waals surface area contributed by atoms with E-state index in [0.29, 0.717) is 12.3 Å². The van der Waals surface area contributed by atoms with E-state index >= 15 is 0 Å². The molecule has 0 radical (unpaired) electrons. The van der Waals surface area contributed by atoms with Gasteiger partial charge in [0.05, 0.1) is 12.3 Å². The van der Waals surface area contributed by atoms with Gasteiger partial charge in [-0.3, -0.25) is 4.79 Å². The SMILES string of the molecule is CCOc1ccc(Nc2nc(C)cc(C(=O)Nc3ccccc3F)n2)cc1. The van der Waals surface area contributed by atoms with Crippen LogP contribution in [0.1, 0.15) is 23.1 Å². The van der Waals surface area contributed by atoms with E-state index in [4.69, 9.17) is 4.74 Å². The topological polar surface area (TPSA) is 76.1 Å². The number of halogens is 1. The second kappa shape index (κ2) is 8.27. The fraction of sp³-hybridized carbons (Fsp3) is 0.150. The van der Waals surface area contributed by atoms with Crippen LogP contribution in [-0.4, -0.2) is 22.5 Å². The van der Waals surface area contributed by atoms with Crippen LogP contribution < -0.4 is 15.4 Å². The van der Waals surface area contributed by atoms with Crippen molar-refractivity contribution in [3.05, 3.63) is 71.8 Å². The first kappa shape index (κ1) is 18.3. The molecule has 138 valence electrons. The molecule has 2 N–H and O–H groups in total. The molecule has 0 aliphatic rings. The van der Waals surface area contributed by atoms with Crippen molar-refractivity contribution in [2.75, 3.05) is 17.2 Å². The Balaban J connectivity index is 1.77. The van der Waals surface area contributed by atoms with Gasteiger partial charge in [0.15, 0.2) is 0 Å². The van der Waals surface area contributed by atoms with Crippen LogP contribution in [0.3, 0.4) is 0 Å². The first-order valence-corrected chi connectivity index (χ1v) is 8.46. The van der Waals surface area contributed by atoms with E-state index in [1.807, 2.05) is 31.2 Å². The summed E-state index contributed by atoms with van der Waals surface area (Å²) in [5.74, 6) is 0.0146. The number of carbonyl (C=O) groups excluding carboxylic acids is 1. The van der Waals surface area contributed by atoms with E-state index in [1.54, 1.807) is 25.1 Å². The number of aryl methyl sites for hydroxylation is 1. The van der Waals surface area contributed by atoms with Gasteiger partial charge in [0.25, 0.3) is 5.91 Å². The van der Waals surface area contributed by atoms with Gasteiger partial charge in [-0.2, -0.15) is 0 Å². The normalized spacial score (nSPS) is 10.3. The smallest absolute Gasteiger partial charge is 0.274 e. The summed E-state index contributed by atoms with van der Waals surface area (Å²) in [5.41, 5.74) is 1.60. The maximum Gasteiger partial charge on any atom is 0.274 e. The summed E-state index contributed by atoms with van der Waals surface area (Å²) in [5, 5.41) is 5.57. The van der Waals surface area contributed by atoms with Gasteiger partial charge in [-0.15, -0.1) is 0 Å². The molecule has 1 amide bonds. The Kier molecular flexibility index (Phi) is 5.61. The first-order valence-electron chi connectivity index (χ1n) is 8.46. The number of ether oxygens (including phenoxy) is 1. The molecule has 7 heteroatoms. The number of hydrogen-bond donors (Lipinski definition) is 2. The van der Waals surface area contributed by atoms with Crippen molar-refractivity contribution in [1.29, 1.82) is 0 Å². The minimum absolute atomic E-state index is 0.0970. The van der Waals surface area contributed by atoms with Crippen molar-refractivity contribution in [2.45, 2.75) is 13.8 Å². The molecule has 3 aromatic rings. The van der Waals surface area contributed by atoms with Crippen molar-refractivity contribution in [2.24, 2.45) is 0 Å². The van der Waals surface area contributed by atoms with Crippen molar-refractivity contribution in [1.82, 2.24) is 9.97 Å². The van der Waals surface area contributed by atoms with Crippen LogP contribution >= 0.6 is 0 Å². The third kappa shape index (κ3) is 4.78. The molecule has 0 atom stereocenters. The summed E-state index contributed by atoms with van der Waals surface area (Å²) in [6, 6.07) is 14.8. The summed E-state index contributed by atoms with van der Waals surface area (Å²) in [6.45, 7) is 4.26. The summed E-state index contributed by atoms with van der Waals surface area (Å²) in [7, 11) is 0. The first-order chi connectivity index (χ1) is 13.0. The molecule has 0 aliphatic heterocycles. The minimum Gasteiger partial charge on any atom is -0.494 e. The maximum atomic E-state index is 13.7. The van der Waals surface area contributed by atoms with Gasteiger partial charge in [0.1, 0.15) is 17.3 Å². The number of rotatable bonds is 6. The van der Waals surface area contributed by atoms with E-state index in [9.17, 15) is 9.18 Å². The molecule has 0 fully saturated rings. The zero-order valence-electron chi connectivity index (χ0n) is 15.0. The molecule has 0 saturated carbocycles. The lowest BCUT2D eigenvalue weighted by molar-refractivity contribution is 0.102. The van der Waals surface area contributed by atoms with Gasteiger partial charge in [-0.1, -0.05) is 12.1 Å². The predicted octanol–water partition coefficient (Wildman–Crippen LogP) is 4.32. The Morgan fingerprint density at radius 2 is 1.85 bits per heavy atom. The summed E-state index contributed by atoms with van der Waals surface area (Å²) >= 11 is 0. The average Bonchev–Trinajstić information content (AvgIpc) is 2.65. The molecule has 2 aromatic carbocycles. The highest BCUT2D eigenvalue weighted by Gasteiger charge is 2.13. The number of benzene rings is 2. The molecule has 27 heavy (non-hydrogen) atoms. The Morgan fingerprint density at radius 3 is 2.56 bits per heavy atom. The zero-order chi connectivity index (χ0) is 19.2. The van der Waals surface area contributed by atoms with Crippen LogP contribution in [0.15, 0.2) is 54.6 Å². The maximum absolute atomic E-state index is 13.7. The van der Waals surface area contributed by atoms with E-state index in [2.05, 4.69) is 20.6 Å². The second-order valence-corrected chi connectivity index (χ2v) is 5.73.